The number of aliphatic hydroxyl groups excluding tert-OH is 1. The quantitative estimate of drug-likeness (QED) is 0.857. The number of carboxylic acids is 1. The number of hydrogen-bond acceptors (Lipinski definition) is 3. The van der Waals surface area contributed by atoms with Crippen molar-refractivity contribution < 1.29 is 15.0 Å². The molecule has 2 aromatic rings. The Bertz CT molecular complexity index is 646. The fourth-order valence-electron chi connectivity index (χ4n) is 2.59. The van der Waals surface area contributed by atoms with Crippen LogP contribution >= 0.6 is 0 Å². The van der Waals surface area contributed by atoms with Gasteiger partial charge in [-0.05, 0) is 24.5 Å². The summed E-state index contributed by atoms with van der Waals surface area (Å²) in [5.74, 6) is 0.450. The van der Waals surface area contributed by atoms with Crippen molar-refractivity contribution >= 4 is 17.0 Å². The van der Waals surface area contributed by atoms with E-state index in [1.807, 2.05) is 6.07 Å². The van der Waals surface area contributed by atoms with Crippen molar-refractivity contribution in [2.45, 2.75) is 39.7 Å². The Morgan fingerprint density at radius 3 is 2.62 bits per heavy atom. The number of aromatic carboxylic acids is 1. The predicted octanol–water partition coefficient (Wildman–Crippen LogP) is 2.88. The lowest BCUT2D eigenvalue weighted by Crippen LogP contribution is -2.12. The summed E-state index contributed by atoms with van der Waals surface area (Å²) in [6.07, 6.45) is 0.718. The number of para-hydroxylation sites is 1. The molecule has 0 spiro atoms. The average molecular weight is 290 g/mol. The largest absolute Gasteiger partial charge is 0.478 e. The molecule has 5 nitrogen and oxygen atoms in total. The van der Waals surface area contributed by atoms with Gasteiger partial charge < -0.3 is 14.8 Å². The molecular weight excluding hydrogens is 268 g/mol. The number of aromatic nitrogens is 2. The van der Waals surface area contributed by atoms with Gasteiger partial charge in [-0.15, -0.1) is 0 Å². The Morgan fingerprint density at radius 2 is 2.05 bits per heavy atom. The van der Waals surface area contributed by atoms with Gasteiger partial charge in [0.05, 0.1) is 11.1 Å². The smallest absolute Gasteiger partial charge is 0.337 e. The lowest BCUT2D eigenvalue weighted by atomic mass is 10.1. The van der Waals surface area contributed by atoms with Crippen molar-refractivity contribution in [1.82, 2.24) is 9.55 Å². The minimum Gasteiger partial charge on any atom is -0.478 e. The summed E-state index contributed by atoms with van der Waals surface area (Å²) in [7, 11) is 0. The number of imidazole rings is 1. The average Bonchev–Trinajstić information content (AvgIpc) is 2.77. The molecule has 0 saturated carbocycles. The van der Waals surface area contributed by atoms with Crippen LogP contribution in [0.4, 0.5) is 0 Å². The van der Waals surface area contributed by atoms with Crippen LogP contribution in [-0.2, 0) is 6.54 Å². The molecule has 1 aromatic heterocycles. The summed E-state index contributed by atoms with van der Waals surface area (Å²) in [5, 5.41) is 18.4. The highest BCUT2D eigenvalue weighted by Crippen LogP contribution is 2.26. The van der Waals surface area contributed by atoms with E-state index in [-0.39, 0.29) is 18.1 Å². The Kier molecular flexibility index (Phi) is 4.63. The van der Waals surface area contributed by atoms with Crippen LogP contribution in [0.3, 0.4) is 0 Å². The molecule has 114 valence electrons. The fraction of sp³-hybridized carbons (Fsp3) is 0.500. The first-order chi connectivity index (χ1) is 9.95. The topological polar surface area (TPSA) is 75.3 Å². The second-order valence-corrected chi connectivity index (χ2v) is 5.83. The van der Waals surface area contributed by atoms with Crippen LogP contribution in [0.25, 0.3) is 11.0 Å². The molecule has 1 heterocycles. The van der Waals surface area contributed by atoms with Crippen LogP contribution in [0.15, 0.2) is 18.2 Å². The number of aliphatic hydroxyl groups is 1. The van der Waals surface area contributed by atoms with Crippen LogP contribution in [0.1, 0.15) is 49.3 Å². The number of carboxylic acid groups (broad SMARTS) is 1. The summed E-state index contributed by atoms with van der Waals surface area (Å²) in [6, 6.07) is 5.25. The van der Waals surface area contributed by atoms with Crippen LogP contribution in [0.2, 0.25) is 0 Å². The Labute approximate surface area is 124 Å². The molecule has 0 aliphatic carbocycles. The molecular formula is C16H22N2O3. The zero-order valence-electron chi connectivity index (χ0n) is 12.7. The van der Waals surface area contributed by atoms with Gasteiger partial charge in [0.25, 0.3) is 0 Å². The van der Waals surface area contributed by atoms with Gasteiger partial charge in [-0.3, -0.25) is 0 Å². The molecule has 1 atom stereocenters. The number of carbonyl (C=O) groups is 1. The molecule has 0 radical (unpaired) electrons. The minimum atomic E-state index is -0.955. The first-order valence-electron chi connectivity index (χ1n) is 7.29. The van der Waals surface area contributed by atoms with E-state index in [1.165, 1.54) is 0 Å². The van der Waals surface area contributed by atoms with E-state index in [0.29, 0.717) is 11.4 Å². The molecule has 0 amide bonds. The maximum absolute atomic E-state index is 11.3. The number of fused-ring (bicyclic) bond motifs is 1. The molecule has 1 aromatic carbocycles. The molecule has 0 saturated heterocycles. The first-order valence-corrected chi connectivity index (χ1v) is 7.29. The minimum absolute atomic E-state index is 0.158. The maximum Gasteiger partial charge on any atom is 0.337 e. The molecule has 2 N–H and O–H groups in total. The van der Waals surface area contributed by atoms with Crippen LogP contribution < -0.4 is 0 Å². The van der Waals surface area contributed by atoms with Gasteiger partial charge in [0.15, 0.2) is 0 Å². The normalized spacial score (nSPS) is 13.0. The highest BCUT2D eigenvalue weighted by Gasteiger charge is 2.19. The van der Waals surface area contributed by atoms with Gasteiger partial charge in [-0.25, -0.2) is 9.78 Å². The second-order valence-electron chi connectivity index (χ2n) is 5.83. The van der Waals surface area contributed by atoms with Crippen molar-refractivity contribution in [1.29, 1.82) is 0 Å². The molecule has 21 heavy (non-hydrogen) atoms. The SMILES string of the molecule is CC(CCO)Cn1c(C(C)C)nc2c(C(=O)O)cccc21. The maximum atomic E-state index is 11.3. The summed E-state index contributed by atoms with van der Waals surface area (Å²) in [6.45, 7) is 7.07. The number of hydrogen-bond donors (Lipinski definition) is 2. The first kappa shape index (κ1) is 15.5. The van der Waals surface area contributed by atoms with Crippen molar-refractivity contribution in [3.8, 4) is 0 Å². The van der Waals surface area contributed by atoms with E-state index in [9.17, 15) is 9.90 Å². The van der Waals surface area contributed by atoms with E-state index < -0.39 is 5.97 Å². The summed E-state index contributed by atoms with van der Waals surface area (Å²) in [5.41, 5.74) is 1.64. The van der Waals surface area contributed by atoms with E-state index in [1.54, 1.807) is 12.1 Å². The standard InChI is InChI=1S/C16H22N2O3/c1-10(2)15-17-14-12(16(20)21)5-4-6-13(14)18(15)9-11(3)7-8-19/h4-6,10-11,19H,7-9H2,1-3H3,(H,20,21). The fourth-order valence-corrected chi connectivity index (χ4v) is 2.59. The number of rotatable bonds is 6. The Hall–Kier alpha value is -1.88. The summed E-state index contributed by atoms with van der Waals surface area (Å²) >= 11 is 0. The predicted molar refractivity (Wildman–Crippen MR) is 81.6 cm³/mol. The van der Waals surface area contributed by atoms with Crippen molar-refractivity contribution in [3.63, 3.8) is 0 Å². The lowest BCUT2D eigenvalue weighted by molar-refractivity contribution is 0.0699. The van der Waals surface area contributed by atoms with Gasteiger partial charge in [0.1, 0.15) is 11.3 Å². The molecule has 5 heteroatoms. The number of benzene rings is 1. The summed E-state index contributed by atoms with van der Waals surface area (Å²) in [4.78, 5) is 15.9. The molecule has 1 unspecified atom stereocenters. The van der Waals surface area contributed by atoms with Gasteiger partial charge in [-0.1, -0.05) is 26.8 Å². The summed E-state index contributed by atoms with van der Waals surface area (Å²) < 4.78 is 2.09. The Balaban J connectivity index is 2.58. The molecule has 0 fully saturated rings. The molecule has 0 bridgehead atoms. The molecule has 2 rings (SSSR count). The highest BCUT2D eigenvalue weighted by molar-refractivity contribution is 6.01. The molecule has 0 aliphatic heterocycles. The zero-order chi connectivity index (χ0) is 15.6. The van der Waals surface area contributed by atoms with E-state index >= 15 is 0 Å². The zero-order valence-corrected chi connectivity index (χ0v) is 12.7. The van der Waals surface area contributed by atoms with Gasteiger partial charge >= 0.3 is 5.97 Å². The van der Waals surface area contributed by atoms with Crippen molar-refractivity contribution in [3.05, 3.63) is 29.6 Å². The molecule has 0 aliphatic rings. The third kappa shape index (κ3) is 3.08. The van der Waals surface area contributed by atoms with Crippen LogP contribution in [0, 0.1) is 5.92 Å². The van der Waals surface area contributed by atoms with Crippen LogP contribution in [-0.4, -0.2) is 32.3 Å². The number of nitrogens with zero attached hydrogens (tertiary/aromatic N) is 2. The van der Waals surface area contributed by atoms with Gasteiger partial charge in [0, 0.05) is 19.1 Å². The van der Waals surface area contributed by atoms with Crippen LogP contribution in [0.5, 0.6) is 0 Å². The Morgan fingerprint density at radius 1 is 1.33 bits per heavy atom. The monoisotopic (exact) mass is 290 g/mol. The lowest BCUT2D eigenvalue weighted by Gasteiger charge is -2.16. The van der Waals surface area contributed by atoms with Crippen molar-refractivity contribution in [2.75, 3.05) is 6.61 Å². The second kappa shape index (κ2) is 6.26. The van der Waals surface area contributed by atoms with Crippen molar-refractivity contribution in [2.24, 2.45) is 5.92 Å². The van der Waals surface area contributed by atoms with E-state index in [2.05, 4.69) is 30.3 Å². The van der Waals surface area contributed by atoms with Gasteiger partial charge in [-0.2, -0.15) is 0 Å². The van der Waals surface area contributed by atoms with E-state index in [4.69, 9.17) is 5.11 Å². The third-order valence-corrected chi connectivity index (χ3v) is 3.67. The van der Waals surface area contributed by atoms with E-state index in [0.717, 1.165) is 24.3 Å². The highest BCUT2D eigenvalue weighted by atomic mass is 16.4. The van der Waals surface area contributed by atoms with Gasteiger partial charge in [0.2, 0.25) is 0 Å². The third-order valence-electron chi connectivity index (χ3n) is 3.67.